The Morgan fingerprint density at radius 2 is 1.62 bits per heavy atom. The second-order valence-electron chi connectivity index (χ2n) is 8.08. The van der Waals surface area contributed by atoms with Crippen LogP contribution in [0.15, 0.2) is 90.3 Å². The summed E-state index contributed by atoms with van der Waals surface area (Å²) in [7, 11) is 0. The summed E-state index contributed by atoms with van der Waals surface area (Å²) in [5.41, 5.74) is 2.60. The van der Waals surface area contributed by atoms with Crippen LogP contribution in [0.3, 0.4) is 0 Å². The van der Waals surface area contributed by atoms with E-state index in [1.54, 1.807) is 17.4 Å². The molecule has 0 saturated carbocycles. The van der Waals surface area contributed by atoms with E-state index >= 15 is 0 Å². The van der Waals surface area contributed by atoms with Crippen LogP contribution in [0.5, 0.6) is 0 Å². The molecule has 2 nitrogen and oxygen atoms in total. The van der Waals surface area contributed by atoms with E-state index in [0.717, 1.165) is 34.9 Å². The van der Waals surface area contributed by atoms with Gasteiger partial charge in [-0.3, -0.25) is 4.79 Å². The van der Waals surface area contributed by atoms with Gasteiger partial charge >= 0.3 is 6.18 Å². The molecule has 0 saturated heterocycles. The lowest BCUT2D eigenvalue weighted by molar-refractivity contribution is -0.137. The Labute approximate surface area is 198 Å². The highest BCUT2D eigenvalue weighted by Gasteiger charge is 2.30. The van der Waals surface area contributed by atoms with Gasteiger partial charge in [0.25, 0.3) is 5.91 Å². The SMILES string of the molecule is O=C(NCCc1cccc2ccsc12)c1ccc2c(-c3ccc(C(F)(F)F)cc3)cccc2c1. The van der Waals surface area contributed by atoms with Gasteiger partial charge in [-0.2, -0.15) is 13.2 Å². The van der Waals surface area contributed by atoms with E-state index in [1.165, 1.54) is 27.8 Å². The summed E-state index contributed by atoms with van der Waals surface area (Å²) in [5, 5.41) is 8.01. The molecule has 6 heteroatoms. The van der Waals surface area contributed by atoms with Crippen LogP contribution >= 0.6 is 11.3 Å². The summed E-state index contributed by atoms with van der Waals surface area (Å²) in [6.07, 6.45) is -3.62. The van der Waals surface area contributed by atoms with E-state index in [1.807, 2.05) is 36.4 Å². The normalized spacial score (nSPS) is 11.7. The number of fused-ring (bicyclic) bond motifs is 2. The fourth-order valence-corrected chi connectivity index (χ4v) is 5.12. The van der Waals surface area contributed by atoms with E-state index in [2.05, 4.69) is 28.9 Å². The summed E-state index contributed by atoms with van der Waals surface area (Å²) in [5.74, 6) is -0.153. The number of halogens is 3. The molecule has 5 aromatic rings. The third-order valence-corrected chi connectivity index (χ3v) is 6.91. The number of hydrogen-bond acceptors (Lipinski definition) is 2. The number of thiophene rings is 1. The van der Waals surface area contributed by atoms with Crippen LogP contribution < -0.4 is 5.32 Å². The van der Waals surface area contributed by atoms with Gasteiger partial charge in [-0.25, -0.2) is 0 Å². The van der Waals surface area contributed by atoms with Crippen molar-refractivity contribution < 1.29 is 18.0 Å². The van der Waals surface area contributed by atoms with Crippen molar-refractivity contribution in [3.8, 4) is 11.1 Å². The van der Waals surface area contributed by atoms with Gasteiger partial charge in [0.15, 0.2) is 0 Å². The maximum atomic E-state index is 12.9. The summed E-state index contributed by atoms with van der Waals surface area (Å²) < 4.78 is 39.9. The molecule has 1 heterocycles. The molecular formula is C28H20F3NOS. The number of amides is 1. The van der Waals surface area contributed by atoms with Crippen molar-refractivity contribution in [1.82, 2.24) is 5.32 Å². The van der Waals surface area contributed by atoms with Crippen LogP contribution in [-0.2, 0) is 12.6 Å². The zero-order valence-corrected chi connectivity index (χ0v) is 18.8. The Hall–Kier alpha value is -3.64. The van der Waals surface area contributed by atoms with E-state index in [-0.39, 0.29) is 5.91 Å². The highest BCUT2D eigenvalue weighted by Crippen LogP contribution is 2.33. The minimum absolute atomic E-state index is 0.153. The number of benzene rings is 4. The van der Waals surface area contributed by atoms with Crippen LogP contribution in [0, 0.1) is 0 Å². The molecule has 0 spiro atoms. The lowest BCUT2D eigenvalue weighted by atomic mass is 9.96. The number of rotatable bonds is 5. The molecule has 34 heavy (non-hydrogen) atoms. The molecule has 0 aliphatic carbocycles. The molecule has 0 unspecified atom stereocenters. The zero-order chi connectivity index (χ0) is 23.7. The fraction of sp³-hybridized carbons (Fsp3) is 0.107. The van der Waals surface area contributed by atoms with Crippen molar-refractivity contribution in [2.75, 3.05) is 6.54 Å². The average molecular weight is 476 g/mol. The Balaban J connectivity index is 1.33. The van der Waals surface area contributed by atoms with E-state index in [0.29, 0.717) is 17.7 Å². The third-order valence-electron chi connectivity index (χ3n) is 5.91. The topological polar surface area (TPSA) is 29.1 Å². The number of carbonyl (C=O) groups excluding carboxylic acids is 1. The minimum Gasteiger partial charge on any atom is -0.352 e. The first kappa shape index (κ1) is 22.2. The molecular weight excluding hydrogens is 455 g/mol. The molecule has 4 aromatic carbocycles. The zero-order valence-electron chi connectivity index (χ0n) is 18.0. The van der Waals surface area contributed by atoms with Crippen molar-refractivity contribution in [2.45, 2.75) is 12.6 Å². The first-order chi connectivity index (χ1) is 16.4. The molecule has 0 aliphatic heterocycles. The van der Waals surface area contributed by atoms with E-state index < -0.39 is 11.7 Å². The first-order valence-corrected chi connectivity index (χ1v) is 11.7. The quantitative estimate of drug-likeness (QED) is 0.277. The molecule has 1 N–H and O–H groups in total. The second-order valence-corrected chi connectivity index (χ2v) is 8.99. The summed E-state index contributed by atoms with van der Waals surface area (Å²) in [6.45, 7) is 0.527. The van der Waals surface area contributed by atoms with Gasteiger partial charge in [-0.1, -0.05) is 54.6 Å². The number of nitrogens with one attached hydrogen (secondary N) is 1. The standard InChI is InChI=1S/C28H20F3NOS/c29-28(30,31)23-10-7-18(8-11-23)24-6-2-5-21-17-22(9-12-25(21)24)27(33)32-15-13-19-3-1-4-20-14-16-34-26(19)20/h1-12,14,16-17H,13,15H2,(H,32,33). The van der Waals surface area contributed by atoms with E-state index in [4.69, 9.17) is 0 Å². The molecule has 5 rings (SSSR count). The monoisotopic (exact) mass is 475 g/mol. The van der Waals surface area contributed by atoms with Crippen molar-refractivity contribution in [3.05, 3.63) is 107 Å². The maximum absolute atomic E-state index is 12.9. The number of alkyl halides is 3. The van der Waals surface area contributed by atoms with Crippen LogP contribution in [0.4, 0.5) is 13.2 Å². The second kappa shape index (κ2) is 8.95. The fourth-order valence-electron chi connectivity index (χ4n) is 4.18. The molecule has 1 amide bonds. The first-order valence-electron chi connectivity index (χ1n) is 10.8. The molecule has 1 aromatic heterocycles. The van der Waals surface area contributed by atoms with Crippen LogP contribution in [-0.4, -0.2) is 12.5 Å². The van der Waals surface area contributed by atoms with Gasteiger partial charge in [0.2, 0.25) is 0 Å². The lowest BCUT2D eigenvalue weighted by Gasteiger charge is -2.11. The summed E-state index contributed by atoms with van der Waals surface area (Å²) >= 11 is 1.70. The highest BCUT2D eigenvalue weighted by atomic mass is 32.1. The van der Waals surface area contributed by atoms with Crippen LogP contribution in [0.1, 0.15) is 21.5 Å². The number of hydrogen-bond donors (Lipinski definition) is 1. The molecule has 0 fully saturated rings. The maximum Gasteiger partial charge on any atom is 0.416 e. The molecule has 0 aliphatic rings. The van der Waals surface area contributed by atoms with Gasteiger partial charge in [0, 0.05) is 16.8 Å². The molecule has 0 bridgehead atoms. The lowest BCUT2D eigenvalue weighted by Crippen LogP contribution is -2.25. The average Bonchev–Trinajstić information content (AvgIpc) is 3.33. The van der Waals surface area contributed by atoms with Gasteiger partial charge < -0.3 is 5.32 Å². The Bertz CT molecular complexity index is 1490. The van der Waals surface area contributed by atoms with Gasteiger partial charge in [0.05, 0.1) is 5.56 Å². The van der Waals surface area contributed by atoms with Gasteiger partial charge in [-0.15, -0.1) is 11.3 Å². The Kier molecular flexibility index (Phi) is 5.84. The summed E-state index contributed by atoms with van der Waals surface area (Å²) in [4.78, 5) is 12.8. The predicted molar refractivity (Wildman–Crippen MR) is 132 cm³/mol. The van der Waals surface area contributed by atoms with Crippen molar-refractivity contribution in [2.24, 2.45) is 0 Å². The van der Waals surface area contributed by atoms with Crippen LogP contribution in [0.2, 0.25) is 0 Å². The minimum atomic E-state index is -4.37. The Morgan fingerprint density at radius 1 is 0.853 bits per heavy atom. The number of carbonyl (C=O) groups is 1. The van der Waals surface area contributed by atoms with Crippen molar-refractivity contribution in [3.63, 3.8) is 0 Å². The highest BCUT2D eigenvalue weighted by molar-refractivity contribution is 7.17. The smallest absolute Gasteiger partial charge is 0.352 e. The Morgan fingerprint density at radius 3 is 2.41 bits per heavy atom. The van der Waals surface area contributed by atoms with Gasteiger partial charge in [-0.05, 0) is 75.0 Å². The van der Waals surface area contributed by atoms with Crippen molar-refractivity contribution >= 4 is 38.1 Å². The molecule has 170 valence electrons. The molecule has 0 radical (unpaired) electrons. The van der Waals surface area contributed by atoms with Gasteiger partial charge in [0.1, 0.15) is 0 Å². The van der Waals surface area contributed by atoms with Crippen molar-refractivity contribution in [1.29, 1.82) is 0 Å². The van der Waals surface area contributed by atoms with Crippen LogP contribution in [0.25, 0.3) is 32.0 Å². The molecule has 0 atom stereocenters. The third kappa shape index (κ3) is 4.41. The summed E-state index contributed by atoms with van der Waals surface area (Å²) in [6, 6.07) is 24.5. The predicted octanol–water partition coefficient (Wildman–Crippen LogP) is 7.71. The largest absolute Gasteiger partial charge is 0.416 e. The van der Waals surface area contributed by atoms with E-state index in [9.17, 15) is 18.0 Å².